The van der Waals surface area contributed by atoms with E-state index in [0.717, 1.165) is 70.3 Å². The van der Waals surface area contributed by atoms with Crippen LogP contribution in [-0.4, -0.2) is 56.1 Å². The van der Waals surface area contributed by atoms with Crippen molar-refractivity contribution >= 4 is 5.69 Å². The minimum atomic E-state index is -4.27. The van der Waals surface area contributed by atoms with Gasteiger partial charge >= 0.3 is 6.18 Å². The summed E-state index contributed by atoms with van der Waals surface area (Å²) in [7, 11) is 0. The van der Waals surface area contributed by atoms with Gasteiger partial charge in [-0.25, -0.2) is 0 Å². The Morgan fingerprint density at radius 1 is 0.967 bits per heavy atom. The van der Waals surface area contributed by atoms with E-state index in [1.807, 2.05) is 0 Å². The topological polar surface area (TPSA) is 24.9 Å². The summed E-state index contributed by atoms with van der Waals surface area (Å²) in [6.45, 7) is 5.67. The Bertz CT molecular complexity index is 723. The van der Waals surface area contributed by atoms with E-state index < -0.39 is 11.7 Å². The molecule has 4 aliphatic rings. The van der Waals surface area contributed by atoms with Gasteiger partial charge in [0.25, 0.3) is 0 Å². The van der Waals surface area contributed by atoms with Crippen LogP contribution in [-0.2, 0) is 15.7 Å². The zero-order valence-corrected chi connectivity index (χ0v) is 17.4. The Morgan fingerprint density at radius 2 is 1.67 bits per heavy atom. The third-order valence-corrected chi connectivity index (χ3v) is 7.68. The van der Waals surface area contributed by atoms with Crippen LogP contribution in [0.15, 0.2) is 24.3 Å². The number of halogens is 3. The molecule has 1 saturated carbocycles. The van der Waals surface area contributed by atoms with Crippen LogP contribution in [0, 0.1) is 11.8 Å². The second-order valence-corrected chi connectivity index (χ2v) is 9.45. The van der Waals surface area contributed by atoms with Crippen LogP contribution in [0.1, 0.15) is 44.1 Å². The molecular formula is C23H31F3N2O2. The van der Waals surface area contributed by atoms with Gasteiger partial charge in [-0.15, -0.1) is 0 Å². The predicted molar refractivity (Wildman–Crippen MR) is 108 cm³/mol. The lowest BCUT2D eigenvalue weighted by Crippen LogP contribution is -2.37. The number of hydrogen-bond acceptors (Lipinski definition) is 4. The zero-order valence-electron chi connectivity index (χ0n) is 17.4. The second kappa shape index (κ2) is 7.99. The maximum atomic E-state index is 12.9. The van der Waals surface area contributed by atoms with Gasteiger partial charge in [0.05, 0.1) is 18.8 Å². The van der Waals surface area contributed by atoms with Crippen molar-refractivity contribution in [2.75, 3.05) is 44.3 Å². The molecule has 1 aromatic rings. The number of nitrogens with zero attached hydrogens (tertiary/aromatic N) is 2. The molecule has 0 N–H and O–H groups in total. The third-order valence-electron chi connectivity index (χ3n) is 7.68. The Labute approximate surface area is 176 Å². The fourth-order valence-corrected chi connectivity index (χ4v) is 5.95. The summed E-state index contributed by atoms with van der Waals surface area (Å²) in [4.78, 5) is 4.89. The van der Waals surface area contributed by atoms with Crippen LogP contribution >= 0.6 is 0 Å². The highest BCUT2D eigenvalue weighted by Crippen LogP contribution is 2.40. The van der Waals surface area contributed by atoms with Crippen LogP contribution in [0.4, 0.5) is 18.9 Å². The number of likely N-dealkylation sites (tertiary alicyclic amines) is 1. The molecule has 1 aliphatic carbocycles. The molecule has 5 rings (SSSR count). The quantitative estimate of drug-likeness (QED) is 0.709. The SMILES string of the molecule is FC(F)(F)c1ccc(N2CCC3CN(CCC4CCC5(CC4)OCCO5)CC32)cc1. The van der Waals surface area contributed by atoms with Crippen LogP contribution in [0.25, 0.3) is 0 Å². The van der Waals surface area contributed by atoms with Crippen molar-refractivity contribution in [3.05, 3.63) is 29.8 Å². The van der Waals surface area contributed by atoms with Crippen molar-refractivity contribution in [1.29, 1.82) is 0 Å². The van der Waals surface area contributed by atoms with Gasteiger partial charge in [0.15, 0.2) is 5.79 Å². The van der Waals surface area contributed by atoms with Crippen molar-refractivity contribution in [2.24, 2.45) is 11.8 Å². The highest BCUT2D eigenvalue weighted by molar-refractivity contribution is 5.50. The van der Waals surface area contributed by atoms with E-state index in [0.29, 0.717) is 12.0 Å². The Morgan fingerprint density at radius 3 is 2.33 bits per heavy atom. The average molecular weight is 425 g/mol. The highest BCUT2D eigenvalue weighted by Gasteiger charge is 2.43. The molecule has 0 aromatic heterocycles. The average Bonchev–Trinajstić information content (AvgIpc) is 3.43. The van der Waals surface area contributed by atoms with Crippen molar-refractivity contribution in [3.8, 4) is 0 Å². The van der Waals surface area contributed by atoms with E-state index in [1.54, 1.807) is 12.1 Å². The largest absolute Gasteiger partial charge is 0.416 e. The maximum Gasteiger partial charge on any atom is 0.416 e. The zero-order chi connectivity index (χ0) is 20.8. The smallest absolute Gasteiger partial charge is 0.367 e. The molecule has 166 valence electrons. The van der Waals surface area contributed by atoms with Gasteiger partial charge in [0.2, 0.25) is 0 Å². The van der Waals surface area contributed by atoms with Gasteiger partial charge in [-0.1, -0.05) is 0 Å². The molecule has 7 heteroatoms. The summed E-state index contributed by atoms with van der Waals surface area (Å²) in [6.07, 6.45) is 2.47. The first-order chi connectivity index (χ1) is 14.4. The summed E-state index contributed by atoms with van der Waals surface area (Å²) >= 11 is 0. The standard InChI is InChI=1S/C23H31F3N2O2/c24-23(25,26)19-1-3-20(4-2-19)28-12-8-18-15-27(16-21(18)28)11-7-17-5-9-22(10-6-17)29-13-14-30-22/h1-4,17-18,21H,5-16H2. The molecule has 4 nitrogen and oxygen atoms in total. The number of ether oxygens (including phenoxy) is 2. The molecule has 1 aromatic carbocycles. The van der Waals surface area contributed by atoms with Gasteiger partial charge < -0.3 is 19.3 Å². The van der Waals surface area contributed by atoms with Gasteiger partial charge in [-0.3, -0.25) is 0 Å². The molecule has 30 heavy (non-hydrogen) atoms. The molecule has 4 fully saturated rings. The first-order valence-electron chi connectivity index (χ1n) is 11.4. The molecule has 3 saturated heterocycles. The van der Waals surface area contributed by atoms with Crippen molar-refractivity contribution < 1.29 is 22.6 Å². The summed E-state index contributed by atoms with van der Waals surface area (Å²) in [6, 6.07) is 6.13. The first kappa shape index (κ1) is 20.6. The lowest BCUT2D eigenvalue weighted by atomic mass is 9.83. The van der Waals surface area contributed by atoms with Gasteiger partial charge in [0, 0.05) is 44.2 Å². The number of rotatable bonds is 4. The van der Waals surface area contributed by atoms with Gasteiger partial charge in [0.1, 0.15) is 0 Å². The molecule has 3 aliphatic heterocycles. The van der Waals surface area contributed by atoms with Crippen LogP contribution in [0.5, 0.6) is 0 Å². The van der Waals surface area contributed by atoms with E-state index >= 15 is 0 Å². The van der Waals surface area contributed by atoms with E-state index in [-0.39, 0.29) is 5.79 Å². The molecule has 0 radical (unpaired) electrons. The predicted octanol–water partition coefficient (Wildman–Crippen LogP) is 4.54. The van der Waals surface area contributed by atoms with Crippen LogP contribution in [0.3, 0.4) is 0 Å². The Hall–Kier alpha value is -1.31. The van der Waals surface area contributed by atoms with Crippen molar-refractivity contribution in [1.82, 2.24) is 4.90 Å². The summed E-state index contributed by atoms with van der Waals surface area (Å²) in [5.41, 5.74) is 0.351. The number of alkyl halides is 3. The molecule has 1 spiro atoms. The monoisotopic (exact) mass is 424 g/mol. The lowest BCUT2D eigenvalue weighted by molar-refractivity contribution is -0.182. The van der Waals surface area contributed by atoms with Gasteiger partial charge in [-0.05, 0) is 68.3 Å². The summed E-state index contributed by atoms with van der Waals surface area (Å²) < 4.78 is 50.2. The Kier molecular flexibility index (Phi) is 5.48. The van der Waals surface area contributed by atoms with Crippen LogP contribution < -0.4 is 4.90 Å². The van der Waals surface area contributed by atoms with Crippen molar-refractivity contribution in [3.63, 3.8) is 0 Å². The summed E-state index contributed by atoms with van der Waals surface area (Å²) in [5.74, 6) is 1.10. The van der Waals surface area contributed by atoms with Crippen molar-refractivity contribution in [2.45, 2.75) is 56.5 Å². The molecular weight excluding hydrogens is 393 g/mol. The maximum absolute atomic E-state index is 12.9. The minimum absolute atomic E-state index is 0.274. The molecule has 2 atom stereocenters. The molecule has 0 amide bonds. The number of hydrogen-bond donors (Lipinski definition) is 0. The van der Waals surface area contributed by atoms with Gasteiger partial charge in [-0.2, -0.15) is 13.2 Å². The fourth-order valence-electron chi connectivity index (χ4n) is 5.95. The van der Waals surface area contributed by atoms with E-state index in [4.69, 9.17) is 9.47 Å². The number of anilines is 1. The van der Waals surface area contributed by atoms with E-state index in [9.17, 15) is 13.2 Å². The first-order valence-corrected chi connectivity index (χ1v) is 11.4. The third kappa shape index (κ3) is 4.08. The molecule has 0 bridgehead atoms. The highest BCUT2D eigenvalue weighted by atomic mass is 19.4. The van der Waals surface area contributed by atoms with E-state index in [1.165, 1.54) is 31.4 Å². The number of fused-ring (bicyclic) bond motifs is 1. The van der Waals surface area contributed by atoms with Crippen LogP contribution in [0.2, 0.25) is 0 Å². The minimum Gasteiger partial charge on any atom is -0.367 e. The normalized spacial score (nSPS) is 29.8. The Balaban J connectivity index is 1.12. The lowest BCUT2D eigenvalue weighted by Gasteiger charge is -2.36. The fraction of sp³-hybridized carbons (Fsp3) is 0.739. The number of benzene rings is 1. The summed E-state index contributed by atoms with van der Waals surface area (Å²) in [5, 5.41) is 0. The molecule has 3 heterocycles. The second-order valence-electron chi connectivity index (χ2n) is 9.45. The van der Waals surface area contributed by atoms with E-state index in [2.05, 4.69) is 9.80 Å². The molecule has 2 unspecified atom stereocenters.